The molecule has 6 heteroatoms. The molecule has 0 saturated heterocycles. The van der Waals surface area contributed by atoms with E-state index >= 15 is 0 Å². The highest BCUT2D eigenvalue weighted by Gasteiger charge is 2.50. The lowest BCUT2D eigenvalue weighted by Crippen LogP contribution is -2.51. The molecule has 0 atom stereocenters. The molecule has 1 aromatic heterocycles. The van der Waals surface area contributed by atoms with Crippen molar-refractivity contribution in [2.45, 2.75) is 43.7 Å². The van der Waals surface area contributed by atoms with Gasteiger partial charge in [0, 0.05) is 6.54 Å². The van der Waals surface area contributed by atoms with Gasteiger partial charge in [0.05, 0.1) is 5.75 Å². The van der Waals surface area contributed by atoms with Gasteiger partial charge in [-0.1, -0.05) is 11.8 Å². The number of aromatic nitrogens is 3. The highest BCUT2D eigenvalue weighted by molar-refractivity contribution is 7.99. The van der Waals surface area contributed by atoms with Gasteiger partial charge in [0.1, 0.15) is 6.33 Å². The van der Waals surface area contributed by atoms with Gasteiger partial charge in [0.15, 0.2) is 5.16 Å². The van der Waals surface area contributed by atoms with Crippen molar-refractivity contribution in [1.29, 1.82) is 0 Å². The summed E-state index contributed by atoms with van der Waals surface area (Å²) in [7, 11) is 0. The van der Waals surface area contributed by atoms with Gasteiger partial charge in [-0.15, -0.1) is 0 Å². The normalized spacial score (nSPS) is 36.9. The summed E-state index contributed by atoms with van der Waals surface area (Å²) in [5.74, 6) is 3.36. The third-order valence-electron chi connectivity index (χ3n) is 5.56. The van der Waals surface area contributed by atoms with Gasteiger partial charge >= 0.3 is 0 Å². The zero-order valence-electron chi connectivity index (χ0n) is 12.2. The van der Waals surface area contributed by atoms with Crippen LogP contribution in [0.15, 0.2) is 11.5 Å². The Balaban J connectivity index is 1.29. The van der Waals surface area contributed by atoms with Crippen LogP contribution in [0.2, 0.25) is 0 Å². The van der Waals surface area contributed by atoms with Crippen molar-refractivity contribution >= 4 is 17.7 Å². The molecule has 0 spiro atoms. The molecule has 4 aliphatic rings. The second kappa shape index (κ2) is 5.30. The summed E-state index contributed by atoms with van der Waals surface area (Å²) >= 11 is 1.41. The van der Waals surface area contributed by atoms with Crippen molar-refractivity contribution in [2.24, 2.45) is 23.2 Å². The van der Waals surface area contributed by atoms with Crippen LogP contribution in [0.5, 0.6) is 0 Å². The number of carbonyl (C=O) groups excluding carboxylic acids is 1. The molecule has 5 nitrogen and oxygen atoms in total. The number of nitrogens with zero attached hydrogens (tertiary/aromatic N) is 2. The van der Waals surface area contributed by atoms with Crippen LogP contribution in [0.25, 0.3) is 0 Å². The summed E-state index contributed by atoms with van der Waals surface area (Å²) in [5.41, 5.74) is 0.418. The van der Waals surface area contributed by atoms with E-state index < -0.39 is 0 Å². The molecule has 5 rings (SSSR count). The molecule has 0 unspecified atom stereocenters. The van der Waals surface area contributed by atoms with Crippen molar-refractivity contribution in [3.05, 3.63) is 6.33 Å². The Morgan fingerprint density at radius 3 is 2.52 bits per heavy atom. The van der Waals surface area contributed by atoms with Crippen LogP contribution in [-0.4, -0.2) is 33.4 Å². The first-order valence-corrected chi connectivity index (χ1v) is 8.94. The van der Waals surface area contributed by atoms with E-state index in [1.54, 1.807) is 0 Å². The molecule has 1 aromatic rings. The second-order valence-corrected chi connectivity index (χ2v) is 8.24. The number of aromatic amines is 1. The summed E-state index contributed by atoms with van der Waals surface area (Å²) in [6.07, 6.45) is 9.85. The topological polar surface area (TPSA) is 70.7 Å². The third kappa shape index (κ3) is 2.82. The van der Waals surface area contributed by atoms with E-state index in [0.29, 0.717) is 16.3 Å². The number of hydrogen-bond donors (Lipinski definition) is 2. The Morgan fingerprint density at radius 2 is 1.95 bits per heavy atom. The van der Waals surface area contributed by atoms with Crippen molar-refractivity contribution in [3.63, 3.8) is 0 Å². The predicted octanol–water partition coefficient (Wildman–Crippen LogP) is 2.23. The molecule has 21 heavy (non-hydrogen) atoms. The van der Waals surface area contributed by atoms with Gasteiger partial charge in [-0.25, -0.2) is 4.98 Å². The predicted molar refractivity (Wildman–Crippen MR) is 80.7 cm³/mol. The third-order valence-corrected chi connectivity index (χ3v) is 6.44. The molecule has 1 amide bonds. The number of carbonyl (C=O) groups is 1. The minimum Gasteiger partial charge on any atom is -0.355 e. The van der Waals surface area contributed by atoms with Crippen LogP contribution in [0.1, 0.15) is 38.5 Å². The minimum atomic E-state index is 0.118. The van der Waals surface area contributed by atoms with E-state index in [1.165, 1.54) is 56.6 Å². The number of rotatable bonds is 5. The maximum absolute atomic E-state index is 12.0. The Kier molecular flexibility index (Phi) is 3.44. The molecule has 4 fully saturated rings. The maximum atomic E-state index is 12.0. The quantitative estimate of drug-likeness (QED) is 0.818. The monoisotopic (exact) mass is 306 g/mol. The van der Waals surface area contributed by atoms with E-state index in [0.717, 1.165) is 24.3 Å². The van der Waals surface area contributed by atoms with Crippen LogP contribution in [0.3, 0.4) is 0 Å². The second-order valence-electron chi connectivity index (χ2n) is 7.27. The molecular weight excluding hydrogens is 284 g/mol. The Hall–Kier alpha value is -1.04. The lowest BCUT2D eigenvalue weighted by Gasteiger charge is -2.56. The van der Waals surface area contributed by atoms with Gasteiger partial charge in [-0.3, -0.25) is 9.89 Å². The fourth-order valence-electron chi connectivity index (χ4n) is 5.24. The van der Waals surface area contributed by atoms with Crippen molar-refractivity contribution in [3.8, 4) is 0 Å². The van der Waals surface area contributed by atoms with E-state index in [-0.39, 0.29) is 5.91 Å². The molecular formula is C15H22N4OS. The van der Waals surface area contributed by atoms with Crippen LogP contribution in [0.4, 0.5) is 0 Å². The van der Waals surface area contributed by atoms with Crippen LogP contribution < -0.4 is 5.32 Å². The van der Waals surface area contributed by atoms with Gasteiger partial charge < -0.3 is 5.32 Å². The molecule has 4 bridgehead atoms. The van der Waals surface area contributed by atoms with Crippen molar-refractivity contribution in [1.82, 2.24) is 20.5 Å². The number of thioether (sulfide) groups is 1. The summed E-state index contributed by atoms with van der Waals surface area (Å²) < 4.78 is 0. The SMILES string of the molecule is O=C(CSc1ncn[nH]1)NCC12CC3CC(CC(C3)C1)C2. The Bertz CT molecular complexity index is 480. The fraction of sp³-hybridized carbons (Fsp3) is 0.800. The van der Waals surface area contributed by atoms with Crippen molar-refractivity contribution < 1.29 is 4.79 Å². The average Bonchev–Trinajstić information content (AvgIpc) is 2.95. The number of hydrogen-bond acceptors (Lipinski definition) is 4. The van der Waals surface area contributed by atoms with Gasteiger partial charge in [0.25, 0.3) is 0 Å². The van der Waals surface area contributed by atoms with Gasteiger partial charge in [0.2, 0.25) is 5.91 Å². The first-order valence-electron chi connectivity index (χ1n) is 7.96. The highest BCUT2D eigenvalue weighted by Crippen LogP contribution is 2.59. The lowest BCUT2D eigenvalue weighted by molar-refractivity contribution is -0.120. The zero-order chi connectivity index (χ0) is 14.3. The molecule has 4 aliphatic carbocycles. The summed E-state index contributed by atoms with van der Waals surface area (Å²) in [5, 5.41) is 10.4. The molecule has 0 aromatic carbocycles. The van der Waals surface area contributed by atoms with E-state index in [4.69, 9.17) is 0 Å². The first-order chi connectivity index (χ1) is 10.2. The lowest BCUT2D eigenvalue weighted by atomic mass is 9.49. The van der Waals surface area contributed by atoms with Gasteiger partial charge in [-0.2, -0.15) is 5.10 Å². The average molecular weight is 306 g/mol. The Labute approximate surface area is 129 Å². The van der Waals surface area contributed by atoms with Gasteiger partial charge in [-0.05, 0) is 61.7 Å². The first kappa shape index (κ1) is 13.6. The van der Waals surface area contributed by atoms with Crippen molar-refractivity contribution in [2.75, 3.05) is 12.3 Å². The molecule has 0 aliphatic heterocycles. The maximum Gasteiger partial charge on any atom is 0.230 e. The van der Waals surface area contributed by atoms with Crippen LogP contribution >= 0.6 is 11.8 Å². The summed E-state index contributed by atoms with van der Waals surface area (Å²) in [6.45, 7) is 0.881. The minimum absolute atomic E-state index is 0.118. The van der Waals surface area contributed by atoms with Crippen LogP contribution in [-0.2, 0) is 4.79 Å². The highest BCUT2D eigenvalue weighted by atomic mass is 32.2. The smallest absolute Gasteiger partial charge is 0.230 e. The standard InChI is InChI=1S/C15H22N4OS/c20-13(7-21-14-17-9-18-19-14)16-8-15-4-10-1-11(5-15)3-12(2-10)6-15/h9-12H,1-8H2,(H,16,20)(H,17,18,19). The van der Waals surface area contributed by atoms with E-state index in [1.807, 2.05) is 0 Å². The molecule has 4 saturated carbocycles. The number of H-pyrrole nitrogens is 1. The largest absolute Gasteiger partial charge is 0.355 e. The Morgan fingerprint density at radius 1 is 1.29 bits per heavy atom. The van der Waals surface area contributed by atoms with E-state index in [2.05, 4.69) is 20.5 Å². The van der Waals surface area contributed by atoms with E-state index in [9.17, 15) is 4.79 Å². The number of amides is 1. The summed E-state index contributed by atoms with van der Waals surface area (Å²) in [4.78, 5) is 16.1. The molecule has 0 radical (unpaired) electrons. The molecule has 2 N–H and O–H groups in total. The van der Waals surface area contributed by atoms with Crippen LogP contribution in [0, 0.1) is 23.2 Å². The molecule has 114 valence electrons. The molecule has 1 heterocycles. The summed E-state index contributed by atoms with van der Waals surface area (Å²) in [6, 6.07) is 0. The zero-order valence-corrected chi connectivity index (χ0v) is 13.0. The fourth-order valence-corrected chi connectivity index (χ4v) is 5.85. The number of nitrogens with one attached hydrogen (secondary N) is 2.